The minimum atomic E-state index is -0.896. The number of carboxylic acids is 1. The summed E-state index contributed by atoms with van der Waals surface area (Å²) in [5.41, 5.74) is 1.22. The number of quaternary nitrogens is 1. The third-order valence-electron chi connectivity index (χ3n) is 4.10. The van der Waals surface area contributed by atoms with Crippen LogP contribution in [0.4, 0.5) is 5.69 Å². The van der Waals surface area contributed by atoms with Crippen LogP contribution in [0.2, 0.25) is 0 Å². The summed E-state index contributed by atoms with van der Waals surface area (Å²) in [5.74, 6) is -0.896. The number of nitrogens with zero attached hydrogens (tertiary/aromatic N) is 1. The van der Waals surface area contributed by atoms with Crippen LogP contribution in [0, 0.1) is 0 Å². The molecule has 0 saturated carbocycles. The van der Waals surface area contributed by atoms with Crippen molar-refractivity contribution in [3.05, 3.63) is 29.8 Å². The molecule has 4 heteroatoms. The Bertz CT molecular complexity index is 366. The maximum Gasteiger partial charge on any atom is 0.335 e. The minimum Gasteiger partial charge on any atom is -0.478 e. The van der Waals surface area contributed by atoms with Gasteiger partial charge in [0, 0.05) is 12.7 Å². The zero-order valence-electron chi connectivity index (χ0n) is 13.4. The van der Waals surface area contributed by atoms with Crippen molar-refractivity contribution in [2.24, 2.45) is 0 Å². The van der Waals surface area contributed by atoms with E-state index in [0.29, 0.717) is 5.56 Å². The standard InChI is InChI=1S/C8H9NO2.C8H20N/c1-9-7-4-2-6(3-5-7)8(10)11;1-5-9(6-2,7-3)8-4/h2-5,9H,1H3,(H,10,11);5-8H2,1-4H3/q;+1. The van der Waals surface area contributed by atoms with E-state index < -0.39 is 5.97 Å². The van der Waals surface area contributed by atoms with E-state index in [2.05, 4.69) is 33.0 Å². The molecular weight excluding hydrogens is 252 g/mol. The Kier molecular flexibility index (Phi) is 8.64. The lowest BCUT2D eigenvalue weighted by molar-refractivity contribution is -0.921. The Hall–Kier alpha value is -1.55. The van der Waals surface area contributed by atoms with Crippen molar-refractivity contribution in [3.8, 4) is 0 Å². The van der Waals surface area contributed by atoms with E-state index in [1.165, 1.54) is 30.7 Å². The molecule has 4 nitrogen and oxygen atoms in total. The molecule has 0 radical (unpaired) electrons. The van der Waals surface area contributed by atoms with Gasteiger partial charge >= 0.3 is 5.97 Å². The van der Waals surface area contributed by atoms with Crippen molar-refractivity contribution >= 4 is 11.7 Å². The molecule has 0 aliphatic carbocycles. The number of aromatic carboxylic acids is 1. The average molecular weight is 281 g/mol. The van der Waals surface area contributed by atoms with E-state index in [0.717, 1.165) is 5.69 Å². The Balaban J connectivity index is 0.000000370. The van der Waals surface area contributed by atoms with Crippen LogP contribution >= 0.6 is 0 Å². The van der Waals surface area contributed by atoms with Crippen LogP contribution in [-0.4, -0.2) is 48.8 Å². The number of carbonyl (C=O) groups is 1. The molecule has 114 valence electrons. The second-order valence-electron chi connectivity index (χ2n) is 4.74. The first-order chi connectivity index (χ1) is 9.48. The monoisotopic (exact) mass is 281 g/mol. The summed E-state index contributed by atoms with van der Waals surface area (Å²) in [6.07, 6.45) is 0. The summed E-state index contributed by atoms with van der Waals surface area (Å²) in [7, 11) is 1.79. The van der Waals surface area contributed by atoms with Gasteiger partial charge in [0.1, 0.15) is 0 Å². The zero-order chi connectivity index (χ0) is 15.6. The molecule has 20 heavy (non-hydrogen) atoms. The fraction of sp³-hybridized carbons (Fsp3) is 0.562. The minimum absolute atomic E-state index is 0.309. The molecule has 0 fully saturated rings. The molecule has 0 unspecified atom stereocenters. The van der Waals surface area contributed by atoms with Crippen molar-refractivity contribution in [2.45, 2.75) is 27.7 Å². The van der Waals surface area contributed by atoms with Gasteiger partial charge in [-0.25, -0.2) is 4.79 Å². The number of carboxylic acid groups (broad SMARTS) is 1. The van der Waals surface area contributed by atoms with Gasteiger partial charge in [0.2, 0.25) is 0 Å². The predicted molar refractivity (Wildman–Crippen MR) is 85.4 cm³/mol. The van der Waals surface area contributed by atoms with Crippen LogP contribution in [-0.2, 0) is 0 Å². The van der Waals surface area contributed by atoms with Crippen LogP contribution in [0.5, 0.6) is 0 Å². The SMILES string of the molecule is CC[N+](CC)(CC)CC.CNc1ccc(C(=O)O)cc1. The molecule has 1 rings (SSSR count). The molecular formula is C16H29N2O2+. The normalized spacial score (nSPS) is 10.4. The molecule has 0 aromatic heterocycles. The number of benzene rings is 1. The van der Waals surface area contributed by atoms with E-state index >= 15 is 0 Å². The maximum absolute atomic E-state index is 10.4. The Morgan fingerprint density at radius 2 is 1.40 bits per heavy atom. The molecule has 2 N–H and O–H groups in total. The van der Waals surface area contributed by atoms with Crippen LogP contribution in [0.25, 0.3) is 0 Å². The zero-order valence-corrected chi connectivity index (χ0v) is 13.4. The first kappa shape index (κ1) is 18.4. The molecule has 0 spiro atoms. The molecule has 0 aliphatic heterocycles. The highest BCUT2D eigenvalue weighted by molar-refractivity contribution is 5.87. The van der Waals surface area contributed by atoms with E-state index in [9.17, 15) is 4.79 Å². The van der Waals surface area contributed by atoms with Crippen molar-refractivity contribution in [1.82, 2.24) is 0 Å². The second-order valence-corrected chi connectivity index (χ2v) is 4.74. The quantitative estimate of drug-likeness (QED) is 0.787. The number of anilines is 1. The lowest BCUT2D eigenvalue weighted by Gasteiger charge is -2.34. The smallest absolute Gasteiger partial charge is 0.335 e. The Labute approximate surface area is 123 Å². The fourth-order valence-electron chi connectivity index (χ4n) is 2.12. The van der Waals surface area contributed by atoms with Crippen molar-refractivity contribution in [3.63, 3.8) is 0 Å². The molecule has 0 saturated heterocycles. The van der Waals surface area contributed by atoms with Crippen molar-refractivity contribution in [1.29, 1.82) is 0 Å². The van der Waals surface area contributed by atoms with Gasteiger partial charge in [-0.2, -0.15) is 0 Å². The number of rotatable bonds is 6. The van der Waals surface area contributed by atoms with Gasteiger partial charge in [0.05, 0.1) is 31.7 Å². The third-order valence-corrected chi connectivity index (χ3v) is 4.10. The van der Waals surface area contributed by atoms with Gasteiger partial charge in [0.15, 0.2) is 0 Å². The number of hydrogen-bond donors (Lipinski definition) is 2. The van der Waals surface area contributed by atoms with Crippen molar-refractivity contribution in [2.75, 3.05) is 38.5 Å². The topological polar surface area (TPSA) is 49.3 Å². The largest absolute Gasteiger partial charge is 0.478 e. The lowest BCUT2D eigenvalue weighted by atomic mass is 10.2. The summed E-state index contributed by atoms with van der Waals surface area (Å²) in [5, 5.41) is 11.4. The van der Waals surface area contributed by atoms with E-state index in [-0.39, 0.29) is 0 Å². The predicted octanol–water partition coefficient (Wildman–Crippen LogP) is 3.31. The van der Waals surface area contributed by atoms with E-state index in [1.807, 2.05) is 0 Å². The first-order valence-electron chi connectivity index (χ1n) is 7.34. The lowest BCUT2D eigenvalue weighted by Crippen LogP contribution is -2.47. The van der Waals surface area contributed by atoms with Gasteiger partial charge in [-0.15, -0.1) is 0 Å². The molecule has 0 bridgehead atoms. The van der Waals surface area contributed by atoms with Gasteiger partial charge in [-0.1, -0.05) is 0 Å². The fourth-order valence-corrected chi connectivity index (χ4v) is 2.12. The highest BCUT2D eigenvalue weighted by Gasteiger charge is 2.16. The highest BCUT2D eigenvalue weighted by Crippen LogP contribution is 2.07. The highest BCUT2D eigenvalue weighted by atomic mass is 16.4. The maximum atomic E-state index is 10.4. The molecule has 1 aromatic rings. The van der Waals surface area contributed by atoms with Gasteiger partial charge < -0.3 is 14.9 Å². The first-order valence-corrected chi connectivity index (χ1v) is 7.34. The summed E-state index contributed by atoms with van der Waals surface area (Å²) < 4.78 is 1.28. The summed E-state index contributed by atoms with van der Waals surface area (Å²) >= 11 is 0. The summed E-state index contributed by atoms with van der Waals surface area (Å²) in [6, 6.07) is 6.58. The second kappa shape index (κ2) is 9.37. The van der Waals surface area contributed by atoms with Crippen molar-refractivity contribution < 1.29 is 14.4 Å². The molecule has 0 amide bonds. The van der Waals surface area contributed by atoms with Crippen LogP contribution < -0.4 is 5.32 Å². The van der Waals surface area contributed by atoms with E-state index in [1.54, 1.807) is 31.3 Å². The molecule has 0 heterocycles. The number of hydrogen-bond acceptors (Lipinski definition) is 2. The Morgan fingerprint density at radius 3 is 1.60 bits per heavy atom. The van der Waals surface area contributed by atoms with E-state index in [4.69, 9.17) is 5.11 Å². The third kappa shape index (κ3) is 5.61. The van der Waals surface area contributed by atoms with Crippen LogP contribution in [0.15, 0.2) is 24.3 Å². The van der Waals surface area contributed by atoms with Gasteiger partial charge in [-0.3, -0.25) is 0 Å². The molecule has 0 atom stereocenters. The molecule has 0 aliphatic rings. The average Bonchev–Trinajstić information content (AvgIpc) is 2.51. The number of nitrogens with one attached hydrogen (secondary N) is 1. The Morgan fingerprint density at radius 1 is 1.00 bits per heavy atom. The molecule has 1 aromatic carbocycles. The summed E-state index contributed by atoms with van der Waals surface area (Å²) in [6.45, 7) is 14.2. The summed E-state index contributed by atoms with van der Waals surface area (Å²) in [4.78, 5) is 10.4. The van der Waals surface area contributed by atoms with Gasteiger partial charge in [-0.05, 0) is 52.0 Å². The van der Waals surface area contributed by atoms with Gasteiger partial charge in [0.25, 0.3) is 0 Å². The van der Waals surface area contributed by atoms with Crippen LogP contribution in [0.1, 0.15) is 38.1 Å². The van der Waals surface area contributed by atoms with Crippen LogP contribution in [0.3, 0.4) is 0 Å².